The second-order valence-electron chi connectivity index (χ2n) is 4.48. The quantitative estimate of drug-likeness (QED) is 0.923. The molecule has 1 N–H and O–H groups in total. The highest BCUT2D eigenvalue weighted by Gasteiger charge is 2.16. The number of nitrogens with zero attached hydrogens (tertiary/aromatic N) is 3. The van der Waals surface area contributed by atoms with Crippen LogP contribution in [-0.2, 0) is 6.54 Å². The van der Waals surface area contributed by atoms with Crippen molar-refractivity contribution in [3.63, 3.8) is 0 Å². The van der Waals surface area contributed by atoms with E-state index < -0.39 is 0 Å². The van der Waals surface area contributed by atoms with E-state index in [-0.39, 0.29) is 5.91 Å². The van der Waals surface area contributed by atoms with Gasteiger partial charge in [0.2, 0.25) is 0 Å². The first-order chi connectivity index (χ1) is 10.2. The monoisotopic (exact) mass is 304 g/mol. The minimum Gasteiger partial charge on any atom is -0.372 e. The molecule has 0 bridgehead atoms. The summed E-state index contributed by atoms with van der Waals surface area (Å²) >= 11 is 6.08. The average molecular weight is 305 g/mol. The lowest BCUT2D eigenvalue weighted by atomic mass is 10.2. The summed E-state index contributed by atoms with van der Waals surface area (Å²) in [5.74, 6) is 0.469. The zero-order chi connectivity index (χ0) is 15.2. The minimum absolute atomic E-state index is 0.0913. The molecule has 2 aromatic rings. The Labute approximate surface area is 129 Å². The van der Waals surface area contributed by atoms with E-state index >= 15 is 0 Å². The number of pyridine rings is 2. The van der Waals surface area contributed by atoms with Gasteiger partial charge in [0, 0.05) is 38.7 Å². The Morgan fingerprint density at radius 3 is 2.67 bits per heavy atom. The van der Waals surface area contributed by atoms with Crippen molar-refractivity contribution in [1.29, 1.82) is 0 Å². The zero-order valence-corrected chi connectivity index (χ0v) is 12.8. The third-order valence-corrected chi connectivity index (χ3v) is 3.40. The second-order valence-corrected chi connectivity index (χ2v) is 4.89. The minimum atomic E-state index is -0.0913. The molecule has 0 saturated carbocycles. The first kappa shape index (κ1) is 15.3. The van der Waals surface area contributed by atoms with Crippen LogP contribution in [0, 0.1) is 0 Å². The van der Waals surface area contributed by atoms with Gasteiger partial charge in [0.1, 0.15) is 5.82 Å². The number of aromatic nitrogens is 2. The summed E-state index contributed by atoms with van der Waals surface area (Å²) in [4.78, 5) is 22.4. The van der Waals surface area contributed by atoms with Gasteiger partial charge in [0.15, 0.2) is 0 Å². The fraction of sp³-hybridized carbons (Fsp3) is 0.267. The second kappa shape index (κ2) is 7.04. The molecule has 0 radical (unpaired) electrons. The third kappa shape index (κ3) is 3.70. The lowest BCUT2D eigenvalue weighted by Crippen LogP contribution is -2.30. The van der Waals surface area contributed by atoms with Gasteiger partial charge < -0.3 is 10.2 Å². The van der Waals surface area contributed by atoms with E-state index in [1.165, 1.54) is 6.20 Å². The van der Waals surface area contributed by atoms with Gasteiger partial charge in [-0.2, -0.15) is 0 Å². The van der Waals surface area contributed by atoms with Crippen molar-refractivity contribution in [3.8, 4) is 0 Å². The first-order valence-corrected chi connectivity index (χ1v) is 7.05. The van der Waals surface area contributed by atoms with Gasteiger partial charge in [0.05, 0.1) is 10.6 Å². The van der Waals surface area contributed by atoms with E-state index in [2.05, 4.69) is 15.3 Å². The van der Waals surface area contributed by atoms with Gasteiger partial charge in [-0.05, 0) is 30.7 Å². The van der Waals surface area contributed by atoms with Crippen molar-refractivity contribution in [2.24, 2.45) is 0 Å². The molecule has 6 heteroatoms. The van der Waals surface area contributed by atoms with E-state index in [9.17, 15) is 4.79 Å². The lowest BCUT2D eigenvalue weighted by molar-refractivity contribution is 0.0752. The number of carbonyl (C=O) groups excluding carboxylic acids is 1. The van der Waals surface area contributed by atoms with Crippen molar-refractivity contribution >= 4 is 23.3 Å². The summed E-state index contributed by atoms with van der Waals surface area (Å²) in [5.41, 5.74) is 1.51. The summed E-state index contributed by atoms with van der Waals surface area (Å²) < 4.78 is 0. The van der Waals surface area contributed by atoms with Crippen molar-refractivity contribution in [2.45, 2.75) is 13.5 Å². The highest BCUT2D eigenvalue weighted by Crippen LogP contribution is 2.20. The van der Waals surface area contributed by atoms with E-state index in [1.807, 2.05) is 19.1 Å². The third-order valence-electron chi connectivity index (χ3n) is 3.12. The lowest BCUT2D eigenvalue weighted by Gasteiger charge is -2.21. The van der Waals surface area contributed by atoms with Crippen LogP contribution >= 0.6 is 11.6 Å². The molecule has 0 saturated heterocycles. The number of hydrogen-bond donors (Lipinski definition) is 1. The molecule has 2 rings (SSSR count). The Morgan fingerprint density at radius 2 is 2.10 bits per heavy atom. The zero-order valence-electron chi connectivity index (χ0n) is 12.0. The Kier molecular flexibility index (Phi) is 5.11. The average Bonchev–Trinajstić information content (AvgIpc) is 2.53. The van der Waals surface area contributed by atoms with Crippen LogP contribution in [0.25, 0.3) is 0 Å². The number of hydrogen-bond acceptors (Lipinski definition) is 4. The van der Waals surface area contributed by atoms with Crippen LogP contribution in [0.3, 0.4) is 0 Å². The summed E-state index contributed by atoms with van der Waals surface area (Å²) in [5, 5.41) is 3.30. The van der Waals surface area contributed by atoms with Gasteiger partial charge in [-0.25, -0.2) is 4.98 Å². The van der Waals surface area contributed by atoms with Crippen LogP contribution in [0.1, 0.15) is 22.8 Å². The number of anilines is 1. The molecule has 2 heterocycles. The van der Waals surface area contributed by atoms with Crippen LogP contribution in [0.4, 0.5) is 5.82 Å². The van der Waals surface area contributed by atoms with Crippen LogP contribution < -0.4 is 5.32 Å². The molecule has 0 aliphatic rings. The molecule has 1 amide bonds. The van der Waals surface area contributed by atoms with Crippen molar-refractivity contribution < 1.29 is 4.79 Å². The van der Waals surface area contributed by atoms with Crippen molar-refractivity contribution in [1.82, 2.24) is 14.9 Å². The molecule has 110 valence electrons. The molecule has 0 spiro atoms. The molecule has 0 unspecified atom stereocenters. The number of rotatable bonds is 5. The van der Waals surface area contributed by atoms with Crippen LogP contribution in [-0.4, -0.2) is 34.4 Å². The standard InChI is InChI=1S/C15H17ClN4O/c1-3-20(10-11-4-6-18-7-5-11)15(21)12-8-13(16)14(17-2)19-9-12/h4-9H,3,10H2,1-2H3,(H,17,19). The maximum atomic E-state index is 12.5. The number of nitrogens with one attached hydrogen (secondary N) is 1. The highest BCUT2D eigenvalue weighted by molar-refractivity contribution is 6.33. The fourth-order valence-electron chi connectivity index (χ4n) is 1.96. The summed E-state index contributed by atoms with van der Waals surface area (Å²) in [7, 11) is 1.73. The summed E-state index contributed by atoms with van der Waals surface area (Å²) in [6.45, 7) is 3.08. The van der Waals surface area contributed by atoms with E-state index in [4.69, 9.17) is 11.6 Å². The van der Waals surface area contributed by atoms with Crippen LogP contribution in [0.5, 0.6) is 0 Å². The molecule has 5 nitrogen and oxygen atoms in total. The Bertz CT molecular complexity index is 618. The molecule has 21 heavy (non-hydrogen) atoms. The number of carbonyl (C=O) groups is 1. The van der Waals surface area contributed by atoms with Crippen LogP contribution in [0.15, 0.2) is 36.8 Å². The summed E-state index contributed by atoms with van der Waals surface area (Å²) in [6, 6.07) is 5.43. The Hall–Kier alpha value is -2.14. The summed E-state index contributed by atoms with van der Waals surface area (Å²) in [6.07, 6.45) is 4.97. The predicted molar refractivity (Wildman–Crippen MR) is 83.4 cm³/mol. The largest absolute Gasteiger partial charge is 0.372 e. The maximum absolute atomic E-state index is 12.5. The maximum Gasteiger partial charge on any atom is 0.255 e. The van der Waals surface area contributed by atoms with Gasteiger partial charge in [0.25, 0.3) is 5.91 Å². The van der Waals surface area contributed by atoms with E-state index in [0.29, 0.717) is 29.5 Å². The molecule has 0 aromatic carbocycles. The van der Waals surface area contributed by atoms with Crippen LogP contribution in [0.2, 0.25) is 5.02 Å². The highest BCUT2D eigenvalue weighted by atomic mass is 35.5. The molecule has 2 aromatic heterocycles. The Balaban J connectivity index is 2.18. The van der Waals surface area contributed by atoms with E-state index in [1.54, 1.807) is 30.4 Å². The molecular formula is C15H17ClN4O. The molecular weight excluding hydrogens is 288 g/mol. The van der Waals surface area contributed by atoms with Crippen molar-refractivity contribution in [3.05, 3.63) is 52.9 Å². The number of amides is 1. The first-order valence-electron chi connectivity index (χ1n) is 6.67. The molecule has 0 fully saturated rings. The molecule has 0 aliphatic heterocycles. The molecule has 0 atom stereocenters. The predicted octanol–water partition coefficient (Wildman–Crippen LogP) is 2.83. The van der Waals surface area contributed by atoms with Crippen molar-refractivity contribution in [2.75, 3.05) is 18.9 Å². The van der Waals surface area contributed by atoms with Gasteiger partial charge in [-0.1, -0.05) is 11.6 Å². The van der Waals surface area contributed by atoms with Gasteiger partial charge in [-0.15, -0.1) is 0 Å². The topological polar surface area (TPSA) is 58.1 Å². The van der Waals surface area contributed by atoms with Gasteiger partial charge in [-0.3, -0.25) is 9.78 Å². The SMILES string of the molecule is CCN(Cc1ccncc1)C(=O)c1cnc(NC)c(Cl)c1. The van der Waals surface area contributed by atoms with Gasteiger partial charge >= 0.3 is 0 Å². The smallest absolute Gasteiger partial charge is 0.255 e. The van der Waals surface area contributed by atoms with E-state index in [0.717, 1.165) is 5.56 Å². The number of halogens is 1. The molecule has 0 aliphatic carbocycles. The Morgan fingerprint density at radius 1 is 1.38 bits per heavy atom. The normalized spacial score (nSPS) is 10.2. The fourth-order valence-corrected chi connectivity index (χ4v) is 2.22.